The molecule has 1 N–H and O–H groups in total. The van der Waals surface area contributed by atoms with E-state index in [1.54, 1.807) is 6.20 Å². The molecule has 1 fully saturated rings. The molecule has 0 spiro atoms. The monoisotopic (exact) mass is 227 g/mol. The highest BCUT2D eigenvalue weighted by Gasteiger charge is 2.15. The van der Waals surface area contributed by atoms with Crippen LogP contribution in [-0.4, -0.2) is 29.7 Å². The van der Waals surface area contributed by atoms with Gasteiger partial charge in [-0.3, -0.25) is 0 Å². The lowest BCUT2D eigenvalue weighted by molar-refractivity contribution is 0.241. The third-order valence-corrected chi connectivity index (χ3v) is 2.88. The van der Waals surface area contributed by atoms with Gasteiger partial charge in [-0.15, -0.1) is 0 Å². The molecule has 1 unspecified atom stereocenters. The minimum absolute atomic E-state index is 0.373. The van der Waals surface area contributed by atoms with Crippen molar-refractivity contribution in [2.24, 2.45) is 5.92 Å². The highest BCUT2D eigenvalue weighted by molar-refractivity contribution is 6.30. The minimum Gasteiger partial charge on any atom is -0.463 e. The number of nitrogens with zero attached hydrogens (tertiary/aromatic N) is 2. The van der Waals surface area contributed by atoms with E-state index in [1.807, 2.05) is 6.92 Å². The third kappa shape index (κ3) is 2.79. The Kier molecular flexibility index (Phi) is 3.38. The standard InChI is InChI=1S/C10H14ClN3O/c1-7-4-13-10(14-9(7)11)15-6-8-2-3-12-5-8/h4,8,12H,2-3,5-6H2,1H3. The number of hydrogen-bond donors (Lipinski definition) is 1. The molecule has 1 saturated heterocycles. The van der Waals surface area contributed by atoms with E-state index in [0.717, 1.165) is 25.1 Å². The van der Waals surface area contributed by atoms with Crippen LogP contribution in [0.15, 0.2) is 6.20 Å². The fourth-order valence-corrected chi connectivity index (χ4v) is 1.65. The van der Waals surface area contributed by atoms with Crippen LogP contribution in [-0.2, 0) is 0 Å². The summed E-state index contributed by atoms with van der Waals surface area (Å²) in [5, 5.41) is 3.74. The predicted octanol–water partition coefficient (Wildman–Crippen LogP) is 1.43. The van der Waals surface area contributed by atoms with Gasteiger partial charge in [0.2, 0.25) is 0 Å². The van der Waals surface area contributed by atoms with Crippen LogP contribution < -0.4 is 10.1 Å². The number of aromatic nitrogens is 2. The Labute approximate surface area is 94.0 Å². The lowest BCUT2D eigenvalue weighted by Crippen LogP contribution is -2.16. The lowest BCUT2D eigenvalue weighted by Gasteiger charge is -2.09. The number of aryl methyl sites for hydroxylation is 1. The van der Waals surface area contributed by atoms with Gasteiger partial charge >= 0.3 is 6.01 Å². The highest BCUT2D eigenvalue weighted by atomic mass is 35.5. The van der Waals surface area contributed by atoms with Crippen LogP contribution in [0.4, 0.5) is 0 Å². The molecule has 82 valence electrons. The van der Waals surface area contributed by atoms with Gasteiger partial charge < -0.3 is 10.1 Å². The average Bonchev–Trinajstić information content (AvgIpc) is 2.73. The second kappa shape index (κ2) is 4.77. The molecular formula is C10H14ClN3O. The second-order valence-electron chi connectivity index (χ2n) is 3.80. The first kappa shape index (κ1) is 10.6. The maximum atomic E-state index is 5.87. The molecule has 4 nitrogen and oxygen atoms in total. The SMILES string of the molecule is Cc1cnc(OCC2CCNC2)nc1Cl. The van der Waals surface area contributed by atoms with Crippen LogP contribution in [0.2, 0.25) is 5.15 Å². The van der Waals surface area contributed by atoms with Gasteiger partial charge in [0.25, 0.3) is 0 Å². The van der Waals surface area contributed by atoms with Gasteiger partial charge in [-0.2, -0.15) is 4.98 Å². The first-order chi connectivity index (χ1) is 7.25. The molecule has 0 amide bonds. The molecule has 1 aromatic heterocycles. The van der Waals surface area contributed by atoms with Gasteiger partial charge in [-0.25, -0.2) is 4.98 Å². The molecular weight excluding hydrogens is 214 g/mol. The number of hydrogen-bond acceptors (Lipinski definition) is 4. The van der Waals surface area contributed by atoms with Gasteiger partial charge in [0.05, 0.1) is 6.61 Å². The Morgan fingerprint density at radius 2 is 2.53 bits per heavy atom. The Morgan fingerprint density at radius 1 is 1.67 bits per heavy atom. The van der Waals surface area contributed by atoms with Crippen LogP contribution >= 0.6 is 11.6 Å². The summed E-state index contributed by atoms with van der Waals surface area (Å²) in [5.41, 5.74) is 0.867. The molecule has 0 radical (unpaired) electrons. The summed E-state index contributed by atoms with van der Waals surface area (Å²) in [7, 11) is 0. The molecule has 1 aromatic rings. The largest absolute Gasteiger partial charge is 0.463 e. The normalized spacial score (nSPS) is 20.5. The van der Waals surface area contributed by atoms with Crippen molar-refractivity contribution >= 4 is 11.6 Å². The van der Waals surface area contributed by atoms with Crippen LogP contribution in [0.5, 0.6) is 6.01 Å². The number of rotatable bonds is 3. The van der Waals surface area contributed by atoms with Gasteiger partial charge in [0, 0.05) is 24.2 Å². The molecule has 0 aliphatic carbocycles. The first-order valence-corrected chi connectivity index (χ1v) is 5.46. The number of nitrogens with one attached hydrogen (secondary N) is 1. The summed E-state index contributed by atoms with van der Waals surface area (Å²) in [4.78, 5) is 8.11. The van der Waals surface area contributed by atoms with Crippen molar-refractivity contribution in [1.29, 1.82) is 0 Å². The Bertz CT molecular complexity index is 339. The van der Waals surface area contributed by atoms with Crippen molar-refractivity contribution in [2.45, 2.75) is 13.3 Å². The molecule has 5 heteroatoms. The third-order valence-electron chi connectivity index (χ3n) is 2.50. The maximum Gasteiger partial charge on any atom is 0.317 e. The smallest absolute Gasteiger partial charge is 0.317 e. The van der Waals surface area contributed by atoms with E-state index in [0.29, 0.717) is 23.7 Å². The van der Waals surface area contributed by atoms with Crippen LogP contribution in [0, 0.1) is 12.8 Å². The van der Waals surface area contributed by atoms with Crippen molar-refractivity contribution in [1.82, 2.24) is 15.3 Å². The van der Waals surface area contributed by atoms with Crippen molar-refractivity contribution < 1.29 is 4.74 Å². The van der Waals surface area contributed by atoms with Crippen molar-refractivity contribution in [2.75, 3.05) is 19.7 Å². The summed E-state index contributed by atoms with van der Waals surface area (Å²) in [5.74, 6) is 0.564. The zero-order valence-corrected chi connectivity index (χ0v) is 9.42. The van der Waals surface area contributed by atoms with E-state index in [4.69, 9.17) is 16.3 Å². The highest BCUT2D eigenvalue weighted by Crippen LogP contribution is 2.15. The Hall–Kier alpha value is -0.870. The fraction of sp³-hybridized carbons (Fsp3) is 0.600. The Balaban J connectivity index is 1.90. The van der Waals surface area contributed by atoms with E-state index >= 15 is 0 Å². The van der Waals surface area contributed by atoms with E-state index in [-0.39, 0.29) is 0 Å². The number of halogens is 1. The molecule has 1 atom stereocenters. The van der Waals surface area contributed by atoms with Crippen LogP contribution in [0.25, 0.3) is 0 Å². The Morgan fingerprint density at radius 3 is 3.20 bits per heavy atom. The van der Waals surface area contributed by atoms with Gasteiger partial charge in [0.15, 0.2) is 0 Å². The van der Waals surface area contributed by atoms with Gasteiger partial charge in [-0.05, 0) is 19.9 Å². The molecule has 15 heavy (non-hydrogen) atoms. The van der Waals surface area contributed by atoms with E-state index in [1.165, 1.54) is 0 Å². The predicted molar refractivity (Wildman–Crippen MR) is 58.3 cm³/mol. The van der Waals surface area contributed by atoms with Crippen LogP contribution in [0.1, 0.15) is 12.0 Å². The van der Waals surface area contributed by atoms with E-state index in [9.17, 15) is 0 Å². The summed E-state index contributed by atoms with van der Waals surface area (Å²) >= 11 is 5.87. The minimum atomic E-state index is 0.373. The van der Waals surface area contributed by atoms with Crippen LogP contribution in [0.3, 0.4) is 0 Å². The summed E-state index contributed by atoms with van der Waals surface area (Å²) in [6, 6.07) is 0.373. The van der Waals surface area contributed by atoms with E-state index < -0.39 is 0 Å². The first-order valence-electron chi connectivity index (χ1n) is 5.08. The summed E-state index contributed by atoms with van der Waals surface area (Å²) in [6.45, 7) is 4.61. The van der Waals surface area contributed by atoms with E-state index in [2.05, 4.69) is 15.3 Å². The van der Waals surface area contributed by atoms with Crippen molar-refractivity contribution in [3.63, 3.8) is 0 Å². The molecule has 1 aliphatic rings. The molecule has 2 rings (SSSR count). The molecule has 0 saturated carbocycles. The fourth-order valence-electron chi connectivity index (χ4n) is 1.52. The molecule has 0 bridgehead atoms. The average molecular weight is 228 g/mol. The zero-order valence-electron chi connectivity index (χ0n) is 8.66. The second-order valence-corrected chi connectivity index (χ2v) is 4.15. The maximum absolute atomic E-state index is 5.87. The molecule has 2 heterocycles. The number of ether oxygens (including phenoxy) is 1. The van der Waals surface area contributed by atoms with Gasteiger partial charge in [0.1, 0.15) is 5.15 Å². The molecule has 0 aromatic carbocycles. The van der Waals surface area contributed by atoms with Crippen molar-refractivity contribution in [3.05, 3.63) is 16.9 Å². The van der Waals surface area contributed by atoms with Crippen molar-refractivity contribution in [3.8, 4) is 6.01 Å². The quantitative estimate of drug-likeness (QED) is 0.794. The summed E-state index contributed by atoms with van der Waals surface area (Å²) in [6.07, 6.45) is 2.83. The molecule has 1 aliphatic heterocycles. The lowest BCUT2D eigenvalue weighted by atomic mass is 10.1. The van der Waals surface area contributed by atoms with Gasteiger partial charge in [-0.1, -0.05) is 11.6 Å². The summed E-state index contributed by atoms with van der Waals surface area (Å²) < 4.78 is 5.48. The zero-order chi connectivity index (χ0) is 10.7. The topological polar surface area (TPSA) is 47.0 Å².